The average Bonchev–Trinajstić information content (AvgIpc) is 2.99. The van der Waals surface area contributed by atoms with Gasteiger partial charge in [0.05, 0.1) is 11.9 Å². The van der Waals surface area contributed by atoms with Crippen molar-refractivity contribution in [1.82, 2.24) is 19.3 Å². The lowest BCUT2D eigenvalue weighted by Gasteiger charge is -2.18. The predicted molar refractivity (Wildman–Crippen MR) is 92.0 cm³/mol. The van der Waals surface area contributed by atoms with Crippen LogP contribution in [0.15, 0.2) is 35.5 Å². The van der Waals surface area contributed by atoms with Crippen LogP contribution in [-0.2, 0) is 23.2 Å². The Kier molecular flexibility index (Phi) is 3.64. The maximum atomic E-state index is 12.4. The van der Waals surface area contributed by atoms with Crippen LogP contribution in [0.2, 0.25) is 0 Å². The Hall–Kier alpha value is -3.69. The van der Waals surface area contributed by atoms with Crippen molar-refractivity contribution in [3.8, 4) is 5.75 Å². The molecule has 2 aromatic heterocycles. The summed E-state index contributed by atoms with van der Waals surface area (Å²) < 4.78 is 7.97. The molecule has 0 saturated heterocycles. The highest BCUT2D eigenvalue weighted by molar-refractivity contribution is 5.97. The summed E-state index contributed by atoms with van der Waals surface area (Å²) in [5.74, 6) is -0.131. The van der Waals surface area contributed by atoms with E-state index in [1.807, 2.05) is 0 Å². The third-order valence-electron chi connectivity index (χ3n) is 3.93. The molecule has 0 aliphatic carbocycles. The Morgan fingerprint density at radius 1 is 1.38 bits per heavy atom. The van der Waals surface area contributed by atoms with E-state index < -0.39 is 5.91 Å². The minimum absolute atomic E-state index is 0.0363. The van der Waals surface area contributed by atoms with Gasteiger partial charge in [0.15, 0.2) is 12.3 Å². The molecular weight excluding hydrogens is 340 g/mol. The molecule has 0 unspecified atom stereocenters. The fraction of sp³-hybridized carbons (Fsp3) is 0.188. The molecule has 26 heavy (non-hydrogen) atoms. The molecule has 2 amide bonds. The minimum atomic E-state index is -0.403. The third kappa shape index (κ3) is 2.77. The molecule has 0 fully saturated rings. The zero-order chi connectivity index (χ0) is 18.3. The Bertz CT molecular complexity index is 1100. The topological polar surface area (TPSA) is 120 Å². The molecule has 132 valence electrons. The van der Waals surface area contributed by atoms with Crippen molar-refractivity contribution in [2.24, 2.45) is 7.05 Å². The van der Waals surface area contributed by atoms with Crippen LogP contribution in [0.1, 0.15) is 0 Å². The smallest absolute Gasteiger partial charge is 0.264 e. The second-order valence-corrected chi connectivity index (χ2v) is 5.78. The van der Waals surface area contributed by atoms with Crippen molar-refractivity contribution in [2.45, 2.75) is 6.54 Å². The number of ether oxygens (including phenoxy) is 1. The Morgan fingerprint density at radius 2 is 2.23 bits per heavy atom. The van der Waals surface area contributed by atoms with Gasteiger partial charge in [0.2, 0.25) is 5.91 Å². The van der Waals surface area contributed by atoms with E-state index in [4.69, 9.17) is 4.74 Å². The van der Waals surface area contributed by atoms with E-state index >= 15 is 0 Å². The van der Waals surface area contributed by atoms with Crippen molar-refractivity contribution in [3.63, 3.8) is 0 Å². The molecule has 1 aliphatic rings. The van der Waals surface area contributed by atoms with Gasteiger partial charge in [-0.2, -0.15) is 5.10 Å². The number of aromatic nitrogens is 4. The second-order valence-electron chi connectivity index (χ2n) is 5.78. The van der Waals surface area contributed by atoms with Crippen molar-refractivity contribution >= 4 is 34.2 Å². The van der Waals surface area contributed by atoms with Crippen LogP contribution in [0.5, 0.6) is 5.75 Å². The van der Waals surface area contributed by atoms with Gasteiger partial charge < -0.3 is 15.4 Å². The van der Waals surface area contributed by atoms with Gasteiger partial charge in [0, 0.05) is 12.7 Å². The largest absolute Gasteiger partial charge is 0.482 e. The maximum absolute atomic E-state index is 12.4. The van der Waals surface area contributed by atoms with E-state index in [-0.39, 0.29) is 24.6 Å². The van der Waals surface area contributed by atoms with Gasteiger partial charge in [0.25, 0.3) is 11.5 Å². The molecular formula is C16H14N6O4. The van der Waals surface area contributed by atoms with Gasteiger partial charge in [-0.15, -0.1) is 0 Å². The molecule has 0 spiro atoms. The highest BCUT2D eigenvalue weighted by Crippen LogP contribution is 2.30. The fourth-order valence-electron chi connectivity index (χ4n) is 2.70. The summed E-state index contributed by atoms with van der Waals surface area (Å²) in [4.78, 5) is 40.2. The second kappa shape index (κ2) is 5.99. The van der Waals surface area contributed by atoms with Crippen LogP contribution in [-0.4, -0.2) is 37.8 Å². The van der Waals surface area contributed by atoms with Crippen molar-refractivity contribution in [1.29, 1.82) is 0 Å². The Labute approximate surface area is 146 Å². The number of rotatable bonds is 3. The van der Waals surface area contributed by atoms with Crippen molar-refractivity contribution in [3.05, 3.63) is 41.1 Å². The molecule has 1 aliphatic heterocycles. The van der Waals surface area contributed by atoms with Gasteiger partial charge in [-0.25, -0.2) is 4.98 Å². The number of anilines is 2. The van der Waals surface area contributed by atoms with Crippen LogP contribution in [0.3, 0.4) is 0 Å². The number of fused-ring (bicyclic) bond motifs is 2. The lowest BCUT2D eigenvalue weighted by Crippen LogP contribution is -2.28. The molecule has 2 N–H and O–H groups in total. The summed E-state index contributed by atoms with van der Waals surface area (Å²) in [7, 11) is 1.68. The first kappa shape index (κ1) is 15.8. The molecule has 0 radical (unpaired) electrons. The summed E-state index contributed by atoms with van der Waals surface area (Å²) in [6, 6.07) is 4.90. The third-order valence-corrected chi connectivity index (χ3v) is 3.93. The Morgan fingerprint density at radius 3 is 3.08 bits per heavy atom. The maximum Gasteiger partial charge on any atom is 0.264 e. The quantitative estimate of drug-likeness (QED) is 0.688. The zero-order valence-electron chi connectivity index (χ0n) is 13.7. The summed E-state index contributed by atoms with van der Waals surface area (Å²) >= 11 is 0. The average molecular weight is 354 g/mol. The summed E-state index contributed by atoms with van der Waals surface area (Å²) in [6.45, 7) is -0.234. The molecule has 10 heteroatoms. The highest BCUT2D eigenvalue weighted by atomic mass is 16.5. The van der Waals surface area contributed by atoms with Crippen LogP contribution in [0.4, 0.5) is 11.4 Å². The summed E-state index contributed by atoms with van der Waals surface area (Å²) in [6.07, 6.45) is 2.73. The number of hydrogen-bond donors (Lipinski definition) is 2. The first-order valence-corrected chi connectivity index (χ1v) is 7.75. The lowest BCUT2D eigenvalue weighted by molar-refractivity contribution is -0.118. The van der Waals surface area contributed by atoms with E-state index in [0.29, 0.717) is 28.2 Å². The van der Waals surface area contributed by atoms with Crippen LogP contribution in [0, 0.1) is 0 Å². The molecule has 0 bridgehead atoms. The van der Waals surface area contributed by atoms with E-state index in [2.05, 4.69) is 20.7 Å². The van der Waals surface area contributed by atoms with E-state index in [1.54, 1.807) is 25.2 Å². The number of benzene rings is 1. The van der Waals surface area contributed by atoms with Gasteiger partial charge in [-0.05, 0) is 18.2 Å². The van der Waals surface area contributed by atoms with Crippen molar-refractivity contribution in [2.75, 3.05) is 17.2 Å². The number of nitrogens with zero attached hydrogens (tertiary/aromatic N) is 4. The van der Waals surface area contributed by atoms with Gasteiger partial charge >= 0.3 is 0 Å². The lowest BCUT2D eigenvalue weighted by atomic mass is 10.2. The zero-order valence-corrected chi connectivity index (χ0v) is 13.7. The van der Waals surface area contributed by atoms with Crippen LogP contribution in [0.25, 0.3) is 11.0 Å². The monoisotopic (exact) mass is 354 g/mol. The molecule has 0 atom stereocenters. The van der Waals surface area contributed by atoms with Crippen LogP contribution >= 0.6 is 0 Å². The first-order valence-electron chi connectivity index (χ1n) is 7.75. The standard InChI is InChI=1S/C16H14N6O4/c1-21-15-10(5-18-21)16(25)22(8-17-15)6-13(23)19-9-2-3-12-11(4-9)20-14(24)7-26-12/h2-5,8H,6-7H2,1H3,(H,19,23)(H,20,24). The molecule has 10 nitrogen and oxygen atoms in total. The van der Waals surface area contributed by atoms with E-state index in [1.165, 1.54) is 21.8 Å². The number of hydrogen-bond acceptors (Lipinski definition) is 6. The van der Waals surface area contributed by atoms with Gasteiger partial charge in [0.1, 0.15) is 24.0 Å². The van der Waals surface area contributed by atoms with Crippen molar-refractivity contribution < 1.29 is 14.3 Å². The molecule has 4 rings (SSSR count). The first-order chi connectivity index (χ1) is 12.5. The number of amides is 2. The Balaban J connectivity index is 1.53. The van der Waals surface area contributed by atoms with Gasteiger partial charge in [-0.1, -0.05) is 0 Å². The summed E-state index contributed by atoms with van der Waals surface area (Å²) in [5.41, 5.74) is 1.07. The van der Waals surface area contributed by atoms with Gasteiger partial charge in [-0.3, -0.25) is 23.6 Å². The molecule has 3 aromatic rings. The van der Waals surface area contributed by atoms with Crippen LogP contribution < -0.4 is 20.9 Å². The normalized spacial score (nSPS) is 13.0. The predicted octanol–water partition coefficient (Wildman–Crippen LogP) is 0.0996. The number of carbonyl (C=O) groups is 2. The minimum Gasteiger partial charge on any atom is -0.482 e. The number of aryl methyl sites for hydroxylation is 1. The van der Waals surface area contributed by atoms with E-state index in [0.717, 1.165) is 0 Å². The highest BCUT2D eigenvalue weighted by Gasteiger charge is 2.17. The number of carbonyl (C=O) groups excluding carboxylic acids is 2. The molecule has 3 heterocycles. The number of nitrogens with one attached hydrogen (secondary N) is 2. The molecule has 1 aromatic carbocycles. The SMILES string of the molecule is Cn1ncc2c(=O)n(CC(=O)Nc3ccc4c(c3)NC(=O)CO4)cnc21. The summed E-state index contributed by atoms with van der Waals surface area (Å²) in [5, 5.41) is 9.68. The molecule has 0 saturated carbocycles. The van der Waals surface area contributed by atoms with E-state index in [9.17, 15) is 14.4 Å². The fourth-order valence-corrected chi connectivity index (χ4v) is 2.70.